The molecule has 0 rings (SSSR count). The van der Waals surface area contributed by atoms with E-state index in [0.717, 1.165) is 70.6 Å². The highest BCUT2D eigenvalue weighted by molar-refractivity contribution is 7.45. The normalized spacial score (nSPS) is 13.6. The number of nitrogens with zero attached hydrogens (tertiary/aromatic N) is 1. The van der Waals surface area contributed by atoms with Gasteiger partial charge in [0.05, 0.1) is 27.7 Å². The average Bonchev–Trinajstić information content (AvgIpc) is 3.42. The van der Waals surface area contributed by atoms with Gasteiger partial charge in [0.25, 0.3) is 7.82 Å². The molecule has 0 aliphatic rings. The molecule has 0 heterocycles. The minimum absolute atomic E-state index is 0.0309. The van der Waals surface area contributed by atoms with Crippen molar-refractivity contribution >= 4 is 19.8 Å². The predicted molar refractivity (Wildman–Crippen MR) is 342 cm³/mol. The van der Waals surface area contributed by atoms with Crippen LogP contribution in [0.15, 0.2) is 72.9 Å². The summed E-state index contributed by atoms with van der Waals surface area (Å²) in [6.45, 7) is 4.16. The largest absolute Gasteiger partial charge is 0.756 e. The molecule has 0 spiro atoms. The van der Waals surface area contributed by atoms with Gasteiger partial charge in [-0.15, -0.1) is 0 Å². The summed E-state index contributed by atoms with van der Waals surface area (Å²) in [4.78, 5) is 38.0. The zero-order valence-electron chi connectivity index (χ0n) is 53.0. The Morgan fingerprint density at radius 2 is 0.713 bits per heavy atom. The highest BCUT2D eigenvalue weighted by atomic mass is 31.2. The van der Waals surface area contributed by atoms with Crippen molar-refractivity contribution in [3.05, 3.63) is 72.9 Å². The first-order valence-corrected chi connectivity index (χ1v) is 35.1. The van der Waals surface area contributed by atoms with Gasteiger partial charge in [-0.25, -0.2) is 0 Å². The summed E-state index contributed by atoms with van der Waals surface area (Å²) in [5.41, 5.74) is 0. The van der Waals surface area contributed by atoms with Crippen LogP contribution in [0.1, 0.15) is 309 Å². The van der Waals surface area contributed by atoms with Crippen LogP contribution < -0.4 is 4.89 Å². The van der Waals surface area contributed by atoms with E-state index in [1.807, 2.05) is 21.1 Å². The minimum atomic E-state index is -4.64. The van der Waals surface area contributed by atoms with Crippen LogP contribution in [-0.4, -0.2) is 70.0 Å². The Balaban J connectivity index is 4.01. The second-order valence-corrected chi connectivity index (χ2v) is 25.2. The van der Waals surface area contributed by atoms with Gasteiger partial charge in [0.15, 0.2) is 6.10 Å². The molecular formula is C70H128NO8P. The van der Waals surface area contributed by atoms with Crippen molar-refractivity contribution in [3.8, 4) is 0 Å². The first-order chi connectivity index (χ1) is 39.0. The van der Waals surface area contributed by atoms with E-state index in [1.54, 1.807) is 0 Å². The zero-order chi connectivity index (χ0) is 58.4. The highest BCUT2D eigenvalue weighted by Crippen LogP contribution is 2.38. The fraction of sp³-hybridized carbons (Fsp3) is 0.800. The van der Waals surface area contributed by atoms with Gasteiger partial charge < -0.3 is 27.9 Å². The van der Waals surface area contributed by atoms with Gasteiger partial charge in [0.2, 0.25) is 0 Å². The topological polar surface area (TPSA) is 111 Å². The molecule has 80 heavy (non-hydrogen) atoms. The number of hydrogen-bond acceptors (Lipinski definition) is 8. The Kier molecular flexibility index (Phi) is 59.1. The van der Waals surface area contributed by atoms with Crippen molar-refractivity contribution < 1.29 is 42.1 Å². The first-order valence-electron chi connectivity index (χ1n) is 33.6. The van der Waals surface area contributed by atoms with Crippen molar-refractivity contribution in [2.45, 2.75) is 315 Å². The summed E-state index contributed by atoms with van der Waals surface area (Å²) >= 11 is 0. The van der Waals surface area contributed by atoms with E-state index in [0.29, 0.717) is 17.4 Å². The van der Waals surface area contributed by atoms with Gasteiger partial charge in [0.1, 0.15) is 19.8 Å². The molecule has 466 valence electrons. The van der Waals surface area contributed by atoms with E-state index in [9.17, 15) is 19.0 Å². The monoisotopic (exact) mass is 1140 g/mol. The molecule has 0 saturated carbocycles. The van der Waals surface area contributed by atoms with Crippen LogP contribution in [-0.2, 0) is 32.7 Å². The van der Waals surface area contributed by atoms with Crippen LogP contribution >= 0.6 is 7.82 Å². The minimum Gasteiger partial charge on any atom is -0.756 e. The molecule has 0 aromatic carbocycles. The van der Waals surface area contributed by atoms with Crippen molar-refractivity contribution in [3.63, 3.8) is 0 Å². The standard InChI is InChI=1S/C70H128NO8P/c1-6-8-10-12-14-16-18-20-22-24-26-28-29-30-31-32-33-34-35-36-37-38-39-40-41-43-45-47-49-51-53-55-57-59-61-63-70(73)79-68(67-78-80(74,75)77-65-64-71(3,4)5)66-76-69(72)62-60-58-56-54-52-50-48-46-44-42-27-25-23-21-19-17-15-13-11-9-7-2/h8,10,14,16,20,22,25-28,30-31,68H,6-7,9,11-13,15,17-19,21,23-24,29,32-67H2,1-5H3/b10-8-,16-14-,22-20-,27-25-,28-26-,31-30-. The number of phosphoric acid groups is 1. The summed E-state index contributed by atoms with van der Waals surface area (Å²) in [7, 11) is 1.17. The van der Waals surface area contributed by atoms with E-state index in [2.05, 4.69) is 86.8 Å². The van der Waals surface area contributed by atoms with Crippen LogP contribution in [0, 0.1) is 0 Å². The van der Waals surface area contributed by atoms with E-state index < -0.39 is 26.5 Å². The average molecular weight is 1140 g/mol. The summed E-state index contributed by atoms with van der Waals surface area (Å²) in [6, 6.07) is 0. The Labute approximate surface area is 495 Å². The summed E-state index contributed by atoms with van der Waals surface area (Å²) < 4.78 is 34.3. The number of ether oxygens (including phenoxy) is 2. The first kappa shape index (κ1) is 77.5. The number of unbranched alkanes of at least 4 members (excludes halogenated alkanes) is 36. The number of hydrogen-bond donors (Lipinski definition) is 0. The second-order valence-electron chi connectivity index (χ2n) is 23.8. The highest BCUT2D eigenvalue weighted by Gasteiger charge is 2.22. The molecule has 0 saturated heterocycles. The molecule has 2 unspecified atom stereocenters. The lowest BCUT2D eigenvalue weighted by Gasteiger charge is -2.28. The van der Waals surface area contributed by atoms with Crippen molar-refractivity contribution in [1.82, 2.24) is 0 Å². The van der Waals surface area contributed by atoms with E-state index in [4.69, 9.17) is 18.5 Å². The van der Waals surface area contributed by atoms with Crippen LogP contribution in [0.3, 0.4) is 0 Å². The lowest BCUT2D eigenvalue weighted by Crippen LogP contribution is -2.37. The quantitative estimate of drug-likeness (QED) is 0.0195. The molecular weight excluding hydrogens is 1010 g/mol. The fourth-order valence-electron chi connectivity index (χ4n) is 9.56. The zero-order valence-corrected chi connectivity index (χ0v) is 53.9. The van der Waals surface area contributed by atoms with Gasteiger partial charge in [-0.1, -0.05) is 286 Å². The molecule has 0 radical (unpaired) electrons. The number of carbonyl (C=O) groups excluding carboxylic acids is 2. The van der Waals surface area contributed by atoms with Crippen LogP contribution in [0.25, 0.3) is 0 Å². The Hall–Kier alpha value is -2.55. The predicted octanol–water partition coefficient (Wildman–Crippen LogP) is 21.0. The van der Waals surface area contributed by atoms with E-state index >= 15 is 0 Å². The Morgan fingerprint density at radius 1 is 0.400 bits per heavy atom. The van der Waals surface area contributed by atoms with Gasteiger partial charge in [-0.05, 0) is 83.5 Å². The number of quaternary nitrogens is 1. The van der Waals surface area contributed by atoms with Gasteiger partial charge in [-0.3, -0.25) is 14.2 Å². The number of likely N-dealkylation sites (N-methyl/N-ethyl adjacent to an activating group) is 1. The molecule has 0 aromatic rings. The molecule has 9 nitrogen and oxygen atoms in total. The molecule has 2 atom stereocenters. The molecule has 0 aliphatic carbocycles. The maximum absolute atomic E-state index is 12.8. The number of carbonyl (C=O) groups is 2. The number of phosphoric ester groups is 1. The van der Waals surface area contributed by atoms with Gasteiger partial charge in [0, 0.05) is 12.8 Å². The van der Waals surface area contributed by atoms with E-state index in [1.165, 1.54) is 205 Å². The molecule has 0 bridgehead atoms. The van der Waals surface area contributed by atoms with Gasteiger partial charge >= 0.3 is 11.9 Å². The third kappa shape index (κ3) is 64.6. The summed E-state index contributed by atoms with van der Waals surface area (Å²) in [6.07, 6.45) is 81.2. The number of rotatable bonds is 62. The SMILES string of the molecule is CC/C=C\C/C=C\C/C=C\C/C=C\C/C=C\CCCCCCCCCCCCCCCCCCCCCC(=O)OC(COC(=O)CCCCCCCCCCC/C=C\CCCCCCCCCC)COP(=O)([O-])OCC[N+](C)(C)C. The molecule has 0 amide bonds. The molecule has 10 heteroatoms. The van der Waals surface area contributed by atoms with Crippen molar-refractivity contribution in [2.75, 3.05) is 47.5 Å². The van der Waals surface area contributed by atoms with Crippen LogP contribution in [0.4, 0.5) is 0 Å². The van der Waals surface area contributed by atoms with Crippen molar-refractivity contribution in [1.29, 1.82) is 0 Å². The van der Waals surface area contributed by atoms with Crippen LogP contribution in [0.2, 0.25) is 0 Å². The maximum atomic E-state index is 12.8. The number of allylic oxidation sites excluding steroid dienone is 12. The molecule has 0 fully saturated rings. The smallest absolute Gasteiger partial charge is 0.306 e. The van der Waals surface area contributed by atoms with E-state index in [-0.39, 0.29) is 32.0 Å². The fourth-order valence-corrected chi connectivity index (χ4v) is 10.3. The maximum Gasteiger partial charge on any atom is 0.306 e. The van der Waals surface area contributed by atoms with Crippen molar-refractivity contribution in [2.24, 2.45) is 0 Å². The Morgan fingerprint density at radius 3 is 1.07 bits per heavy atom. The molecule has 0 aliphatic heterocycles. The molecule has 0 aromatic heterocycles. The number of esters is 2. The third-order valence-electron chi connectivity index (χ3n) is 14.7. The lowest BCUT2D eigenvalue weighted by atomic mass is 10.0. The second kappa shape index (κ2) is 61.0. The summed E-state index contributed by atoms with van der Waals surface area (Å²) in [5, 5.41) is 0. The summed E-state index contributed by atoms with van der Waals surface area (Å²) in [5.74, 6) is -0.823. The third-order valence-corrected chi connectivity index (χ3v) is 15.7. The molecule has 0 N–H and O–H groups in total. The van der Waals surface area contributed by atoms with Crippen LogP contribution in [0.5, 0.6) is 0 Å². The Bertz CT molecular complexity index is 1580. The van der Waals surface area contributed by atoms with Gasteiger partial charge in [-0.2, -0.15) is 0 Å². The lowest BCUT2D eigenvalue weighted by molar-refractivity contribution is -0.870.